The SMILES string of the molecule is Cc1ccccc1C(N)c1cccc(OC(F)F)c1. The Labute approximate surface area is 110 Å². The number of rotatable bonds is 4. The lowest BCUT2D eigenvalue weighted by atomic mass is 9.96. The minimum absolute atomic E-state index is 0.122. The Morgan fingerprint density at radius 2 is 1.79 bits per heavy atom. The van der Waals surface area contributed by atoms with Crippen LogP contribution in [-0.2, 0) is 0 Å². The first-order valence-electron chi connectivity index (χ1n) is 5.94. The number of halogens is 2. The molecule has 0 amide bonds. The molecule has 2 aromatic carbocycles. The van der Waals surface area contributed by atoms with Crippen LogP contribution in [0.2, 0.25) is 0 Å². The van der Waals surface area contributed by atoms with Crippen LogP contribution in [0.4, 0.5) is 8.78 Å². The Morgan fingerprint density at radius 1 is 1.05 bits per heavy atom. The molecule has 0 spiro atoms. The molecule has 2 aromatic rings. The maximum Gasteiger partial charge on any atom is 0.387 e. The molecule has 0 heterocycles. The first-order valence-corrected chi connectivity index (χ1v) is 5.94. The molecule has 0 aliphatic rings. The Bertz CT molecular complexity index is 557. The molecule has 1 unspecified atom stereocenters. The molecule has 4 heteroatoms. The third kappa shape index (κ3) is 3.29. The number of nitrogens with two attached hydrogens (primary N) is 1. The molecule has 0 radical (unpaired) electrons. The lowest BCUT2D eigenvalue weighted by Crippen LogP contribution is -2.13. The second-order valence-corrected chi connectivity index (χ2v) is 4.29. The van der Waals surface area contributed by atoms with E-state index in [2.05, 4.69) is 4.74 Å². The van der Waals surface area contributed by atoms with Gasteiger partial charge in [0.1, 0.15) is 5.75 Å². The summed E-state index contributed by atoms with van der Waals surface area (Å²) < 4.78 is 28.8. The quantitative estimate of drug-likeness (QED) is 0.914. The Kier molecular flexibility index (Phi) is 4.12. The van der Waals surface area contributed by atoms with E-state index in [4.69, 9.17) is 5.73 Å². The maximum absolute atomic E-state index is 12.2. The van der Waals surface area contributed by atoms with Gasteiger partial charge in [0.25, 0.3) is 0 Å². The highest BCUT2D eigenvalue weighted by molar-refractivity contribution is 5.39. The Hall–Kier alpha value is -1.94. The first kappa shape index (κ1) is 13.5. The van der Waals surface area contributed by atoms with Gasteiger partial charge in [-0.1, -0.05) is 36.4 Å². The molecule has 0 bridgehead atoms. The molecule has 0 saturated heterocycles. The van der Waals surface area contributed by atoms with E-state index < -0.39 is 6.61 Å². The van der Waals surface area contributed by atoms with Crippen molar-refractivity contribution in [1.82, 2.24) is 0 Å². The van der Waals surface area contributed by atoms with Crippen LogP contribution >= 0.6 is 0 Å². The fourth-order valence-electron chi connectivity index (χ4n) is 2.00. The van der Waals surface area contributed by atoms with E-state index in [1.165, 1.54) is 6.07 Å². The Balaban J connectivity index is 2.29. The molecule has 2 nitrogen and oxygen atoms in total. The van der Waals surface area contributed by atoms with Gasteiger partial charge < -0.3 is 10.5 Å². The van der Waals surface area contributed by atoms with Crippen molar-refractivity contribution >= 4 is 0 Å². The standard InChI is InChI=1S/C15H15F2NO/c1-10-5-2-3-8-13(10)14(18)11-6-4-7-12(9-11)19-15(16)17/h2-9,14-15H,18H2,1H3. The minimum atomic E-state index is -2.83. The molecule has 0 fully saturated rings. The van der Waals surface area contributed by atoms with Crippen molar-refractivity contribution in [2.75, 3.05) is 0 Å². The summed E-state index contributed by atoms with van der Waals surface area (Å²) in [7, 11) is 0. The van der Waals surface area contributed by atoms with Gasteiger partial charge in [0.2, 0.25) is 0 Å². The van der Waals surface area contributed by atoms with Crippen LogP contribution in [0.5, 0.6) is 5.75 Å². The largest absolute Gasteiger partial charge is 0.435 e. The molecule has 1 atom stereocenters. The summed E-state index contributed by atoms with van der Waals surface area (Å²) in [5.41, 5.74) is 8.95. The fourth-order valence-corrected chi connectivity index (χ4v) is 2.00. The number of hydrogen-bond acceptors (Lipinski definition) is 2. The summed E-state index contributed by atoms with van der Waals surface area (Å²) in [6, 6.07) is 13.9. The van der Waals surface area contributed by atoms with Gasteiger partial charge in [0, 0.05) is 0 Å². The average molecular weight is 263 g/mol. The number of aryl methyl sites for hydroxylation is 1. The van der Waals surface area contributed by atoms with Crippen molar-refractivity contribution in [3.05, 3.63) is 65.2 Å². The van der Waals surface area contributed by atoms with Gasteiger partial charge in [0.15, 0.2) is 0 Å². The van der Waals surface area contributed by atoms with E-state index in [0.29, 0.717) is 0 Å². The van der Waals surface area contributed by atoms with Gasteiger partial charge in [-0.2, -0.15) is 8.78 Å². The molecule has 0 aromatic heterocycles. The highest BCUT2D eigenvalue weighted by atomic mass is 19.3. The molecule has 2 N–H and O–H groups in total. The van der Waals surface area contributed by atoms with E-state index >= 15 is 0 Å². The van der Waals surface area contributed by atoms with Crippen LogP contribution in [0.25, 0.3) is 0 Å². The molecule has 19 heavy (non-hydrogen) atoms. The molecule has 0 saturated carbocycles. The minimum Gasteiger partial charge on any atom is -0.435 e. The highest BCUT2D eigenvalue weighted by Crippen LogP contribution is 2.25. The zero-order valence-electron chi connectivity index (χ0n) is 10.5. The molecule has 2 rings (SSSR count). The maximum atomic E-state index is 12.2. The van der Waals surface area contributed by atoms with E-state index in [9.17, 15) is 8.78 Å². The predicted octanol–water partition coefficient (Wildman–Crippen LogP) is 3.64. The summed E-state index contributed by atoms with van der Waals surface area (Å²) >= 11 is 0. The zero-order valence-corrected chi connectivity index (χ0v) is 10.5. The van der Waals surface area contributed by atoms with Crippen LogP contribution in [-0.4, -0.2) is 6.61 Å². The molecule has 0 aliphatic heterocycles. The Morgan fingerprint density at radius 3 is 2.47 bits per heavy atom. The van der Waals surface area contributed by atoms with Gasteiger partial charge in [-0.15, -0.1) is 0 Å². The number of hydrogen-bond donors (Lipinski definition) is 1. The van der Waals surface area contributed by atoms with E-state index in [1.54, 1.807) is 18.2 Å². The number of ether oxygens (including phenoxy) is 1. The van der Waals surface area contributed by atoms with Crippen LogP contribution < -0.4 is 10.5 Å². The third-order valence-corrected chi connectivity index (χ3v) is 2.97. The summed E-state index contributed by atoms with van der Waals surface area (Å²) in [5, 5.41) is 0. The van der Waals surface area contributed by atoms with Crippen LogP contribution in [0, 0.1) is 6.92 Å². The fraction of sp³-hybridized carbons (Fsp3) is 0.200. The lowest BCUT2D eigenvalue weighted by molar-refractivity contribution is -0.0498. The van der Waals surface area contributed by atoms with E-state index in [0.717, 1.165) is 16.7 Å². The van der Waals surface area contributed by atoms with Gasteiger partial charge in [-0.25, -0.2) is 0 Å². The molecule has 0 aliphatic carbocycles. The smallest absolute Gasteiger partial charge is 0.387 e. The van der Waals surface area contributed by atoms with Crippen molar-refractivity contribution in [3.8, 4) is 5.75 Å². The van der Waals surface area contributed by atoms with Crippen LogP contribution in [0.3, 0.4) is 0 Å². The zero-order chi connectivity index (χ0) is 13.8. The van der Waals surface area contributed by atoms with Crippen LogP contribution in [0.1, 0.15) is 22.7 Å². The molecular weight excluding hydrogens is 248 g/mol. The topological polar surface area (TPSA) is 35.2 Å². The van der Waals surface area contributed by atoms with Gasteiger partial charge >= 0.3 is 6.61 Å². The summed E-state index contributed by atoms with van der Waals surface area (Å²) in [6.07, 6.45) is 0. The second-order valence-electron chi connectivity index (χ2n) is 4.29. The van der Waals surface area contributed by atoms with Gasteiger partial charge in [0.05, 0.1) is 6.04 Å². The van der Waals surface area contributed by atoms with Crippen molar-refractivity contribution in [2.45, 2.75) is 19.6 Å². The summed E-state index contributed by atoms with van der Waals surface area (Å²) in [5.74, 6) is 0.122. The normalized spacial score (nSPS) is 12.5. The number of benzene rings is 2. The predicted molar refractivity (Wildman–Crippen MR) is 70.3 cm³/mol. The van der Waals surface area contributed by atoms with Crippen molar-refractivity contribution in [1.29, 1.82) is 0 Å². The van der Waals surface area contributed by atoms with E-state index in [-0.39, 0.29) is 11.8 Å². The van der Waals surface area contributed by atoms with E-state index in [1.807, 2.05) is 31.2 Å². The third-order valence-electron chi connectivity index (χ3n) is 2.97. The second kappa shape index (κ2) is 5.80. The summed E-state index contributed by atoms with van der Waals surface area (Å²) in [6.45, 7) is -0.862. The van der Waals surface area contributed by atoms with Crippen molar-refractivity contribution in [2.24, 2.45) is 5.73 Å². The summed E-state index contributed by atoms with van der Waals surface area (Å²) in [4.78, 5) is 0. The first-order chi connectivity index (χ1) is 9.08. The molecule has 100 valence electrons. The highest BCUT2D eigenvalue weighted by Gasteiger charge is 2.12. The lowest BCUT2D eigenvalue weighted by Gasteiger charge is -2.16. The van der Waals surface area contributed by atoms with Crippen molar-refractivity contribution in [3.63, 3.8) is 0 Å². The van der Waals surface area contributed by atoms with Crippen molar-refractivity contribution < 1.29 is 13.5 Å². The van der Waals surface area contributed by atoms with Crippen LogP contribution in [0.15, 0.2) is 48.5 Å². The van der Waals surface area contributed by atoms with Gasteiger partial charge in [-0.3, -0.25) is 0 Å². The number of alkyl halides is 2. The molecular formula is C15H15F2NO. The van der Waals surface area contributed by atoms with Gasteiger partial charge in [-0.05, 0) is 35.7 Å². The average Bonchev–Trinajstić information content (AvgIpc) is 2.38. The monoisotopic (exact) mass is 263 g/mol.